The summed E-state index contributed by atoms with van der Waals surface area (Å²) in [7, 11) is -3.41. The Bertz CT molecular complexity index is 1340. The molecule has 4 aliphatic rings. The summed E-state index contributed by atoms with van der Waals surface area (Å²) < 4.78 is 25.9. The van der Waals surface area contributed by atoms with Crippen LogP contribution in [0, 0.1) is 12.0 Å². The van der Waals surface area contributed by atoms with E-state index in [-0.39, 0.29) is 53.3 Å². The van der Waals surface area contributed by atoms with Gasteiger partial charge < -0.3 is 5.73 Å². The van der Waals surface area contributed by atoms with Gasteiger partial charge in [0.1, 0.15) is 0 Å². The van der Waals surface area contributed by atoms with Gasteiger partial charge in [-0.2, -0.15) is 8.42 Å². The van der Waals surface area contributed by atoms with Crippen molar-refractivity contribution in [3.05, 3.63) is 54.6 Å². The molecule has 0 aliphatic heterocycles. The second-order valence-corrected chi connectivity index (χ2v) is 26.7. The molecule has 0 radical (unpaired) electrons. The van der Waals surface area contributed by atoms with Crippen LogP contribution in [0.4, 0.5) is 5.69 Å². The molecule has 0 saturated heterocycles. The van der Waals surface area contributed by atoms with Crippen LogP contribution in [0.25, 0.3) is 11.1 Å². The van der Waals surface area contributed by atoms with E-state index < -0.39 is 10.1 Å². The topological polar surface area (TPSA) is 80.4 Å². The molecule has 2 aromatic carbocycles. The van der Waals surface area contributed by atoms with Crippen LogP contribution in [-0.4, -0.2) is 52.2 Å². The van der Waals surface area contributed by atoms with Gasteiger partial charge in [-0.1, -0.05) is 165 Å². The van der Waals surface area contributed by atoms with Crippen molar-refractivity contribution in [2.24, 2.45) is 5.92 Å². The molecule has 0 heterocycles. The molecule has 2 aromatic rings. The van der Waals surface area contributed by atoms with Gasteiger partial charge in [0, 0.05) is 37.5 Å². The van der Waals surface area contributed by atoms with Crippen LogP contribution < -0.4 is 5.73 Å². The summed E-state index contributed by atoms with van der Waals surface area (Å²) >= 11 is 0. The largest absolute Gasteiger partial charge is 0.406 e. The molecule has 0 spiro atoms. The Kier molecular flexibility index (Phi) is 24.8. The van der Waals surface area contributed by atoms with Gasteiger partial charge in [0.2, 0.25) is 0 Å². The van der Waals surface area contributed by atoms with Crippen LogP contribution >= 0.6 is 15.8 Å². The fraction of sp³-hybridized carbons (Fsp3) is 0.733. The van der Waals surface area contributed by atoms with E-state index in [0.717, 1.165) is 45.4 Å². The zero-order chi connectivity index (χ0) is 38.4. The van der Waals surface area contributed by atoms with E-state index in [1.165, 1.54) is 51.4 Å². The van der Waals surface area contributed by atoms with Gasteiger partial charge in [0.05, 0.1) is 6.26 Å². The number of nitrogens with two attached hydrogens (primary N) is 1. The normalized spacial score (nSPS) is 21.6. The number of nitrogen functional groups attached to an aromatic ring is 1. The molecule has 54 heavy (non-hydrogen) atoms. The van der Waals surface area contributed by atoms with E-state index in [9.17, 15) is 8.42 Å². The van der Waals surface area contributed by atoms with E-state index in [2.05, 4.69) is 54.5 Å². The molecule has 3 N–H and O–H groups in total. The molecule has 0 bridgehead atoms. The van der Waals surface area contributed by atoms with Gasteiger partial charge in [0.25, 0.3) is 10.1 Å². The second-order valence-electron chi connectivity index (χ2n) is 18.0. The fourth-order valence-electron chi connectivity index (χ4n) is 10.1. The van der Waals surface area contributed by atoms with Gasteiger partial charge in [-0.05, 0) is 89.1 Å². The van der Waals surface area contributed by atoms with Gasteiger partial charge >= 0.3 is 0 Å². The molecule has 4 nitrogen and oxygen atoms in total. The first-order chi connectivity index (χ1) is 24.5. The van der Waals surface area contributed by atoms with Crippen LogP contribution in [0.5, 0.6) is 0 Å². The number of benzene rings is 2. The molecule has 4 aliphatic carbocycles. The van der Waals surface area contributed by atoms with E-state index in [1.54, 1.807) is 64.2 Å². The van der Waals surface area contributed by atoms with Crippen molar-refractivity contribution in [2.45, 2.75) is 197 Å². The quantitative estimate of drug-likeness (QED) is 0.0994. The van der Waals surface area contributed by atoms with Crippen molar-refractivity contribution in [1.29, 1.82) is 0 Å². The molecule has 2 unspecified atom stereocenters. The van der Waals surface area contributed by atoms with Crippen LogP contribution in [0.2, 0.25) is 0 Å². The van der Waals surface area contributed by atoms with E-state index in [1.807, 2.05) is 48.5 Å². The molecule has 6 rings (SSSR count). The van der Waals surface area contributed by atoms with Gasteiger partial charge in [-0.25, -0.2) is 0 Å². The number of anilines is 1. The summed E-state index contributed by atoms with van der Waals surface area (Å²) in [6.45, 7) is 18.0. The predicted molar refractivity (Wildman–Crippen MR) is 233 cm³/mol. The van der Waals surface area contributed by atoms with Gasteiger partial charge in [0.15, 0.2) is 0 Å². The summed E-state index contributed by atoms with van der Waals surface area (Å²) in [6, 6.07) is 18.8. The Hall–Kier alpha value is 0.192. The minimum atomic E-state index is -3.67. The summed E-state index contributed by atoms with van der Waals surface area (Å²) in [5.41, 5.74) is 13.0. The van der Waals surface area contributed by atoms with Gasteiger partial charge in [-0.3, -0.25) is 4.55 Å². The molecule has 4 saturated carbocycles. The molecule has 9 heteroatoms. The molecule has 3 atom stereocenters. The van der Waals surface area contributed by atoms with Crippen molar-refractivity contribution in [3.8, 4) is 11.1 Å². The third-order valence-electron chi connectivity index (χ3n) is 11.6. The molecule has 4 fully saturated rings. The van der Waals surface area contributed by atoms with Crippen molar-refractivity contribution < 1.29 is 50.5 Å². The van der Waals surface area contributed by atoms with Gasteiger partial charge in [-0.15, -0.1) is 35.9 Å². The second kappa shape index (κ2) is 25.6. The third kappa shape index (κ3) is 18.4. The zero-order valence-corrected chi connectivity index (χ0v) is 40.3. The van der Waals surface area contributed by atoms with Crippen molar-refractivity contribution >= 4 is 31.6 Å². The van der Waals surface area contributed by atoms with Crippen LogP contribution in [0.15, 0.2) is 48.5 Å². The Balaban J connectivity index is 0.000000477. The number of hydrogen-bond donors (Lipinski definition) is 2. The maximum Gasteiger partial charge on any atom is 0.261 e. The minimum absolute atomic E-state index is 0. The molecule has 0 aromatic heterocycles. The summed E-state index contributed by atoms with van der Waals surface area (Å²) in [4.78, 5) is 0. The minimum Gasteiger partial charge on any atom is -0.406 e. The van der Waals surface area contributed by atoms with Crippen molar-refractivity contribution in [2.75, 3.05) is 12.0 Å². The smallest absolute Gasteiger partial charge is 0.261 e. The first-order valence-corrected chi connectivity index (χ1v) is 25.6. The summed E-state index contributed by atoms with van der Waals surface area (Å²) in [5, 5.41) is 0.942. The zero-order valence-electron chi connectivity index (χ0n) is 35.0. The SMILES string of the molecule is C1CCCC1.CS(=O)(=O)O.C[C@H](C1CCCC1P(C1CCCCC1)C1CCCCC1)P(C(C)(C)C)C(C)(C)C.Nc1ccccc1-c1[c-]cccc1.[Fe].[Pd]. The maximum atomic E-state index is 9.19. The summed E-state index contributed by atoms with van der Waals surface area (Å²) in [5.74, 6) is 1.04. The van der Waals surface area contributed by atoms with Crippen molar-refractivity contribution in [3.63, 3.8) is 0 Å². The first-order valence-electron chi connectivity index (χ1n) is 20.8. The monoisotopic (exact) mass is 934 g/mol. The number of hydrogen-bond acceptors (Lipinski definition) is 3. The van der Waals surface area contributed by atoms with E-state index in [4.69, 9.17) is 10.3 Å². The maximum absolute atomic E-state index is 9.19. The Morgan fingerprint density at radius 1 is 0.704 bits per heavy atom. The Labute approximate surface area is 360 Å². The third-order valence-corrected chi connectivity index (χ3v) is 19.8. The molecule has 314 valence electrons. The fourth-order valence-corrected chi connectivity index (χ4v) is 20.4. The molecular weight excluding hydrogens is 859 g/mol. The number of rotatable bonds is 6. The van der Waals surface area contributed by atoms with Crippen LogP contribution in [0.1, 0.15) is 164 Å². The average molecular weight is 935 g/mol. The molecule has 0 amide bonds. The predicted octanol–water partition coefficient (Wildman–Crippen LogP) is 14.0. The van der Waals surface area contributed by atoms with Crippen LogP contribution in [0.3, 0.4) is 0 Å². The van der Waals surface area contributed by atoms with E-state index in [0.29, 0.717) is 16.6 Å². The van der Waals surface area contributed by atoms with Crippen LogP contribution in [-0.2, 0) is 47.6 Å². The first kappa shape index (κ1) is 52.2. The average Bonchev–Trinajstić information content (AvgIpc) is 3.82. The van der Waals surface area contributed by atoms with E-state index >= 15 is 0 Å². The Morgan fingerprint density at radius 2 is 1.13 bits per heavy atom. The number of para-hydroxylation sites is 1. The standard InChI is InChI=1S/C27H52P2.C12H10N.C5H10.CH4O3S.Fe.Pd/c1-21(29(26(2,3)4)27(5,6)7)24-19-14-20-25(24)28(22-15-10-8-11-16-22)23-17-12-9-13-18-23;13-12-9-5-4-8-11(12)10-6-2-1-3-7-10;1-2-4-5-3-1;1-5(2,3)4;;/h21-25H,8-20H2,1-7H3;1-6,8-9H,13H2;1-5H2;1H3,(H,2,3,4);;/q;-1;;;;/t21-,24?,25?;;;;;/m1...../s1. The van der Waals surface area contributed by atoms with Crippen molar-refractivity contribution in [1.82, 2.24) is 0 Å². The summed E-state index contributed by atoms with van der Waals surface area (Å²) in [6.07, 6.45) is 28.5. The molecular formula is C45H76FeNO3P2PdS-. The Morgan fingerprint density at radius 3 is 1.54 bits per heavy atom.